The van der Waals surface area contributed by atoms with Gasteiger partial charge in [-0.1, -0.05) is 11.8 Å². The van der Waals surface area contributed by atoms with E-state index in [1.807, 2.05) is 0 Å². The van der Waals surface area contributed by atoms with Gasteiger partial charge in [0.15, 0.2) is 0 Å². The van der Waals surface area contributed by atoms with E-state index in [-0.39, 0.29) is 11.3 Å². The molecule has 0 aliphatic rings. The van der Waals surface area contributed by atoms with E-state index < -0.39 is 5.97 Å². The minimum absolute atomic E-state index is 0.139. The number of hydrogen-bond donors (Lipinski definition) is 2. The molecule has 0 fully saturated rings. The number of phenols is 1. The molecule has 0 atom stereocenters. The summed E-state index contributed by atoms with van der Waals surface area (Å²) in [5.74, 6) is 0.347. The zero-order chi connectivity index (χ0) is 20.4. The molecule has 2 heterocycles. The third-order valence-corrected chi connectivity index (χ3v) is 4.98. The number of nitrogens with one attached hydrogen (secondary N) is 1. The first-order valence-electron chi connectivity index (χ1n) is 8.37. The normalized spacial score (nSPS) is 10.9. The molecule has 0 saturated carbocycles. The number of rotatable bonds is 5. The van der Waals surface area contributed by atoms with E-state index in [1.165, 1.54) is 53.9 Å². The SMILES string of the molecule is COC(=O)c1ccc2c(=O)[nH]c(CSc3nnnn3-c3ccc(O)cc3)nc2c1. The number of benzene rings is 2. The van der Waals surface area contributed by atoms with Gasteiger partial charge in [0, 0.05) is 0 Å². The van der Waals surface area contributed by atoms with E-state index in [4.69, 9.17) is 4.74 Å². The molecule has 0 aliphatic heterocycles. The molecule has 0 amide bonds. The lowest BCUT2D eigenvalue weighted by Crippen LogP contribution is -2.12. The monoisotopic (exact) mass is 410 g/mol. The quantitative estimate of drug-likeness (QED) is 0.372. The van der Waals surface area contributed by atoms with E-state index in [1.54, 1.807) is 12.1 Å². The molecule has 0 saturated heterocycles. The summed E-state index contributed by atoms with van der Waals surface area (Å²) in [7, 11) is 1.29. The molecule has 10 nitrogen and oxygen atoms in total. The molecule has 0 radical (unpaired) electrons. The molecule has 0 aliphatic carbocycles. The highest BCUT2D eigenvalue weighted by atomic mass is 32.2. The third kappa shape index (κ3) is 3.80. The second-order valence-electron chi connectivity index (χ2n) is 5.91. The Morgan fingerprint density at radius 1 is 1.24 bits per heavy atom. The van der Waals surface area contributed by atoms with E-state index in [9.17, 15) is 14.7 Å². The molecule has 2 aromatic heterocycles. The first kappa shape index (κ1) is 18.6. The average molecular weight is 410 g/mol. The second kappa shape index (κ2) is 7.72. The maximum absolute atomic E-state index is 12.3. The second-order valence-corrected chi connectivity index (χ2v) is 6.86. The average Bonchev–Trinajstić information content (AvgIpc) is 3.20. The molecule has 4 rings (SSSR count). The summed E-state index contributed by atoms with van der Waals surface area (Å²) in [6.07, 6.45) is 0. The molecule has 2 aromatic carbocycles. The van der Waals surface area contributed by atoms with Gasteiger partial charge in [-0.05, 0) is 52.9 Å². The summed E-state index contributed by atoms with van der Waals surface area (Å²) in [5.41, 5.74) is 1.08. The fraction of sp³-hybridized carbons (Fsp3) is 0.111. The van der Waals surface area contributed by atoms with E-state index in [2.05, 4.69) is 25.5 Å². The third-order valence-electron chi connectivity index (χ3n) is 4.05. The van der Waals surface area contributed by atoms with Crippen LogP contribution in [0, 0.1) is 0 Å². The lowest BCUT2D eigenvalue weighted by atomic mass is 10.1. The number of methoxy groups -OCH3 is 1. The van der Waals surface area contributed by atoms with Crippen LogP contribution in [0.1, 0.15) is 16.2 Å². The Morgan fingerprint density at radius 2 is 2.03 bits per heavy atom. The number of tetrazole rings is 1. The van der Waals surface area contributed by atoms with Crippen LogP contribution in [0.5, 0.6) is 5.75 Å². The van der Waals surface area contributed by atoms with Crippen molar-refractivity contribution >= 4 is 28.6 Å². The lowest BCUT2D eigenvalue weighted by molar-refractivity contribution is 0.0601. The minimum Gasteiger partial charge on any atom is -0.508 e. The van der Waals surface area contributed by atoms with Crippen LogP contribution in [-0.2, 0) is 10.5 Å². The van der Waals surface area contributed by atoms with Crippen molar-refractivity contribution in [3.05, 3.63) is 64.2 Å². The van der Waals surface area contributed by atoms with E-state index in [0.717, 1.165) is 0 Å². The van der Waals surface area contributed by atoms with Crippen LogP contribution in [0.3, 0.4) is 0 Å². The number of ether oxygens (including phenoxy) is 1. The van der Waals surface area contributed by atoms with Gasteiger partial charge in [-0.15, -0.1) is 5.10 Å². The number of thioether (sulfide) groups is 1. The van der Waals surface area contributed by atoms with Crippen molar-refractivity contribution in [3.8, 4) is 11.4 Å². The van der Waals surface area contributed by atoms with Crippen LogP contribution >= 0.6 is 11.8 Å². The molecule has 0 spiro atoms. The highest BCUT2D eigenvalue weighted by Gasteiger charge is 2.13. The van der Waals surface area contributed by atoms with Gasteiger partial charge in [-0.3, -0.25) is 4.79 Å². The van der Waals surface area contributed by atoms with Crippen molar-refractivity contribution in [2.75, 3.05) is 7.11 Å². The number of aromatic nitrogens is 6. The molecule has 29 heavy (non-hydrogen) atoms. The lowest BCUT2D eigenvalue weighted by Gasteiger charge is -2.06. The maximum atomic E-state index is 12.3. The van der Waals surface area contributed by atoms with Crippen molar-refractivity contribution in [3.63, 3.8) is 0 Å². The number of hydrogen-bond acceptors (Lipinski definition) is 9. The highest BCUT2D eigenvalue weighted by Crippen LogP contribution is 2.22. The standard InChI is InChI=1S/C18H14N6O4S/c1-28-17(27)10-2-7-13-14(8-10)19-15(20-16(13)26)9-29-18-21-22-23-24(18)11-3-5-12(25)6-4-11/h2-8,25H,9H2,1H3,(H,19,20,26). The zero-order valence-corrected chi connectivity index (χ0v) is 15.9. The van der Waals surface area contributed by atoms with Gasteiger partial charge in [0.1, 0.15) is 11.6 Å². The Bertz CT molecular complexity index is 1250. The van der Waals surface area contributed by atoms with Gasteiger partial charge < -0.3 is 14.8 Å². The number of aromatic hydroxyl groups is 1. The number of H-pyrrole nitrogens is 1. The van der Waals surface area contributed by atoms with Crippen molar-refractivity contribution < 1.29 is 14.6 Å². The van der Waals surface area contributed by atoms with Crippen molar-refractivity contribution in [2.24, 2.45) is 0 Å². The minimum atomic E-state index is -0.502. The molecule has 146 valence electrons. The molecule has 4 aromatic rings. The summed E-state index contributed by atoms with van der Waals surface area (Å²) in [5, 5.41) is 21.9. The van der Waals surface area contributed by atoms with Crippen LogP contribution in [0.4, 0.5) is 0 Å². The van der Waals surface area contributed by atoms with E-state index in [0.29, 0.717) is 38.9 Å². The number of phenolic OH excluding ortho intramolecular Hbond substituents is 1. The predicted octanol–water partition coefficient (Wildman–Crippen LogP) is 1.68. The Labute approximate surface area is 167 Å². The van der Waals surface area contributed by atoms with Gasteiger partial charge >= 0.3 is 5.97 Å². The van der Waals surface area contributed by atoms with E-state index >= 15 is 0 Å². The Hall–Kier alpha value is -3.73. The molecule has 2 N–H and O–H groups in total. The first-order valence-corrected chi connectivity index (χ1v) is 9.35. The maximum Gasteiger partial charge on any atom is 0.337 e. The summed E-state index contributed by atoms with van der Waals surface area (Å²) in [4.78, 5) is 31.2. The number of fused-ring (bicyclic) bond motifs is 1. The number of carbonyl (C=O) groups is 1. The summed E-state index contributed by atoms with van der Waals surface area (Å²) in [6.45, 7) is 0. The molecule has 0 bridgehead atoms. The molecule has 11 heteroatoms. The molecular formula is C18H14N6O4S. The van der Waals surface area contributed by atoms with Crippen LogP contribution < -0.4 is 5.56 Å². The fourth-order valence-electron chi connectivity index (χ4n) is 2.66. The largest absolute Gasteiger partial charge is 0.508 e. The van der Waals surface area contributed by atoms with Crippen LogP contribution in [0.2, 0.25) is 0 Å². The Morgan fingerprint density at radius 3 is 2.79 bits per heavy atom. The van der Waals surface area contributed by atoms with Crippen LogP contribution in [0.15, 0.2) is 52.4 Å². The number of carbonyl (C=O) groups excluding carboxylic acids is 1. The summed E-state index contributed by atoms with van der Waals surface area (Å²) in [6, 6.07) is 11.0. The summed E-state index contributed by atoms with van der Waals surface area (Å²) >= 11 is 1.28. The Kier molecular flexibility index (Phi) is 4.96. The number of aromatic amines is 1. The van der Waals surface area contributed by atoms with Gasteiger partial charge in [-0.25, -0.2) is 9.78 Å². The van der Waals surface area contributed by atoms with Crippen molar-refractivity contribution in [1.82, 2.24) is 30.2 Å². The Balaban J connectivity index is 1.61. The highest BCUT2D eigenvalue weighted by molar-refractivity contribution is 7.98. The van der Waals surface area contributed by atoms with Crippen molar-refractivity contribution in [1.29, 1.82) is 0 Å². The molecular weight excluding hydrogens is 396 g/mol. The smallest absolute Gasteiger partial charge is 0.337 e. The number of nitrogens with zero attached hydrogens (tertiary/aromatic N) is 5. The summed E-state index contributed by atoms with van der Waals surface area (Å²) < 4.78 is 6.22. The van der Waals surface area contributed by atoms with Gasteiger partial charge in [-0.2, -0.15) is 4.68 Å². The fourth-order valence-corrected chi connectivity index (χ4v) is 3.42. The van der Waals surface area contributed by atoms with Crippen molar-refractivity contribution in [2.45, 2.75) is 10.9 Å². The van der Waals surface area contributed by atoms with Crippen LogP contribution in [0.25, 0.3) is 16.6 Å². The first-order chi connectivity index (χ1) is 14.0. The van der Waals surface area contributed by atoms with Crippen LogP contribution in [-0.4, -0.2) is 48.4 Å². The van der Waals surface area contributed by atoms with Gasteiger partial charge in [0.25, 0.3) is 5.56 Å². The topological polar surface area (TPSA) is 136 Å². The predicted molar refractivity (Wildman–Crippen MR) is 104 cm³/mol. The number of esters is 1. The van der Waals surface area contributed by atoms with Gasteiger partial charge in [0.05, 0.1) is 35.0 Å². The zero-order valence-electron chi connectivity index (χ0n) is 15.1. The molecule has 0 unspecified atom stereocenters. The van der Waals surface area contributed by atoms with Gasteiger partial charge in [0.2, 0.25) is 5.16 Å².